The summed E-state index contributed by atoms with van der Waals surface area (Å²) in [6.45, 7) is 3.47. The highest BCUT2D eigenvalue weighted by Crippen LogP contribution is 2.19. The van der Waals surface area contributed by atoms with E-state index < -0.39 is 0 Å². The average Bonchev–Trinajstić information content (AvgIpc) is 2.97. The zero-order valence-electron chi connectivity index (χ0n) is 12.3. The first kappa shape index (κ1) is 15.6. The molecule has 21 heavy (non-hydrogen) atoms. The fraction of sp³-hybridized carbons (Fsp3) is 0.471. The van der Waals surface area contributed by atoms with Gasteiger partial charge in [0.15, 0.2) is 0 Å². The monoisotopic (exact) mass is 287 g/mol. The number of aryl methyl sites for hydroxylation is 1. The third-order valence-electron chi connectivity index (χ3n) is 3.76. The van der Waals surface area contributed by atoms with Gasteiger partial charge in [0.05, 0.1) is 6.61 Å². The summed E-state index contributed by atoms with van der Waals surface area (Å²) in [5.41, 5.74) is 2.51. The molecule has 112 valence electrons. The van der Waals surface area contributed by atoms with Crippen molar-refractivity contribution in [3.05, 3.63) is 34.9 Å². The largest absolute Gasteiger partial charge is 0.396 e. The first-order chi connectivity index (χ1) is 10.2. The number of carbonyl (C=O) groups excluding carboxylic acids is 1. The first-order valence-electron chi connectivity index (χ1n) is 7.26. The van der Waals surface area contributed by atoms with Gasteiger partial charge >= 0.3 is 0 Å². The van der Waals surface area contributed by atoms with Gasteiger partial charge in [-0.05, 0) is 37.1 Å². The van der Waals surface area contributed by atoms with E-state index >= 15 is 0 Å². The highest BCUT2D eigenvalue weighted by atomic mass is 16.3. The summed E-state index contributed by atoms with van der Waals surface area (Å²) >= 11 is 0. The van der Waals surface area contributed by atoms with Crippen LogP contribution in [0.1, 0.15) is 34.3 Å². The fourth-order valence-corrected chi connectivity index (χ4v) is 2.50. The number of benzene rings is 1. The predicted octanol–water partition coefficient (Wildman–Crippen LogP) is 1.18. The number of carbonyl (C=O) groups is 1. The Labute approximate surface area is 125 Å². The number of likely N-dealkylation sites (tertiary alicyclic amines) is 1. The highest BCUT2D eigenvalue weighted by molar-refractivity contribution is 5.94. The van der Waals surface area contributed by atoms with E-state index in [1.165, 1.54) is 0 Å². The molecule has 1 aromatic carbocycles. The molecule has 2 N–H and O–H groups in total. The Hall–Kier alpha value is -1.83. The molecule has 0 radical (unpaired) electrons. The van der Waals surface area contributed by atoms with Gasteiger partial charge in [-0.2, -0.15) is 0 Å². The van der Waals surface area contributed by atoms with Crippen LogP contribution in [0.15, 0.2) is 18.2 Å². The number of nitrogens with zero attached hydrogens (tertiary/aromatic N) is 1. The topological polar surface area (TPSA) is 60.8 Å². The van der Waals surface area contributed by atoms with Crippen molar-refractivity contribution in [1.82, 2.24) is 4.90 Å². The molecule has 1 heterocycles. The Morgan fingerprint density at radius 2 is 2.24 bits per heavy atom. The van der Waals surface area contributed by atoms with Crippen molar-refractivity contribution >= 4 is 5.91 Å². The minimum Gasteiger partial charge on any atom is -0.396 e. The van der Waals surface area contributed by atoms with Crippen LogP contribution >= 0.6 is 0 Å². The van der Waals surface area contributed by atoms with E-state index in [0.717, 1.165) is 17.5 Å². The average molecular weight is 287 g/mol. The van der Waals surface area contributed by atoms with Crippen molar-refractivity contribution in [1.29, 1.82) is 0 Å². The summed E-state index contributed by atoms with van der Waals surface area (Å²) in [4.78, 5) is 14.2. The Morgan fingerprint density at radius 1 is 1.43 bits per heavy atom. The molecule has 1 aromatic rings. The van der Waals surface area contributed by atoms with Gasteiger partial charge in [0.1, 0.15) is 0 Å². The maximum atomic E-state index is 12.4. The summed E-state index contributed by atoms with van der Waals surface area (Å²) in [7, 11) is 0. The minimum atomic E-state index is 0.0175. The SMILES string of the molecule is Cc1cc(C(=O)N2CCC(CO)C2)ccc1C#CCCO. The Bertz CT molecular complexity index is 571. The molecule has 1 unspecified atom stereocenters. The van der Waals surface area contributed by atoms with E-state index in [1.54, 1.807) is 11.0 Å². The zero-order chi connectivity index (χ0) is 15.2. The maximum Gasteiger partial charge on any atom is 0.253 e. The van der Waals surface area contributed by atoms with Crippen molar-refractivity contribution in [2.24, 2.45) is 5.92 Å². The van der Waals surface area contributed by atoms with Crippen LogP contribution in [-0.4, -0.2) is 47.3 Å². The van der Waals surface area contributed by atoms with E-state index in [0.29, 0.717) is 25.1 Å². The van der Waals surface area contributed by atoms with Crippen LogP contribution in [0.4, 0.5) is 0 Å². The lowest BCUT2D eigenvalue weighted by molar-refractivity contribution is 0.0782. The number of aliphatic hydroxyl groups is 2. The second kappa shape index (κ2) is 7.26. The summed E-state index contributed by atoms with van der Waals surface area (Å²) in [5.74, 6) is 6.11. The molecule has 1 amide bonds. The second-order valence-electron chi connectivity index (χ2n) is 5.39. The van der Waals surface area contributed by atoms with E-state index in [-0.39, 0.29) is 25.0 Å². The quantitative estimate of drug-likeness (QED) is 0.821. The third-order valence-corrected chi connectivity index (χ3v) is 3.76. The van der Waals surface area contributed by atoms with E-state index in [2.05, 4.69) is 11.8 Å². The Morgan fingerprint density at radius 3 is 2.86 bits per heavy atom. The molecule has 0 saturated carbocycles. The summed E-state index contributed by atoms with van der Waals surface area (Å²) < 4.78 is 0. The van der Waals surface area contributed by atoms with Crippen molar-refractivity contribution in [2.75, 3.05) is 26.3 Å². The predicted molar refractivity (Wildman–Crippen MR) is 80.9 cm³/mol. The molecule has 1 aliphatic heterocycles. The van der Waals surface area contributed by atoms with Crippen LogP contribution in [0, 0.1) is 24.7 Å². The Balaban J connectivity index is 2.10. The van der Waals surface area contributed by atoms with Gasteiger partial charge in [-0.1, -0.05) is 11.8 Å². The molecule has 2 rings (SSSR count). The van der Waals surface area contributed by atoms with E-state index in [9.17, 15) is 4.79 Å². The minimum absolute atomic E-state index is 0.0175. The normalized spacial score (nSPS) is 17.5. The van der Waals surface area contributed by atoms with Crippen molar-refractivity contribution in [3.8, 4) is 11.8 Å². The van der Waals surface area contributed by atoms with Crippen molar-refractivity contribution < 1.29 is 15.0 Å². The second-order valence-corrected chi connectivity index (χ2v) is 5.39. The molecular weight excluding hydrogens is 266 g/mol. The fourth-order valence-electron chi connectivity index (χ4n) is 2.50. The molecule has 1 fully saturated rings. The number of amides is 1. The number of rotatable bonds is 3. The van der Waals surface area contributed by atoms with Crippen LogP contribution in [-0.2, 0) is 0 Å². The molecule has 1 atom stereocenters. The van der Waals surface area contributed by atoms with Crippen LogP contribution in [0.5, 0.6) is 0 Å². The maximum absolute atomic E-state index is 12.4. The molecule has 0 bridgehead atoms. The summed E-state index contributed by atoms with van der Waals surface area (Å²) in [6, 6.07) is 5.51. The van der Waals surface area contributed by atoms with Gasteiger partial charge in [-0.25, -0.2) is 0 Å². The van der Waals surface area contributed by atoms with Gasteiger partial charge in [0.2, 0.25) is 0 Å². The molecule has 4 heteroatoms. The summed E-state index contributed by atoms with van der Waals surface area (Å²) in [5, 5.41) is 17.9. The number of hydrogen-bond acceptors (Lipinski definition) is 3. The standard InChI is InChI=1S/C17H21NO3/c1-13-10-16(6-5-15(13)4-2-3-9-19)17(21)18-8-7-14(11-18)12-20/h5-6,10,14,19-20H,3,7-9,11-12H2,1H3. The molecule has 1 saturated heterocycles. The highest BCUT2D eigenvalue weighted by Gasteiger charge is 2.26. The molecule has 4 nitrogen and oxygen atoms in total. The van der Waals surface area contributed by atoms with Gasteiger partial charge in [-0.15, -0.1) is 0 Å². The molecule has 0 aliphatic carbocycles. The van der Waals surface area contributed by atoms with Crippen LogP contribution in [0.3, 0.4) is 0 Å². The van der Waals surface area contributed by atoms with Gasteiger partial charge in [0, 0.05) is 43.2 Å². The number of hydrogen-bond donors (Lipinski definition) is 2. The lowest BCUT2D eigenvalue weighted by Crippen LogP contribution is -2.29. The first-order valence-corrected chi connectivity index (χ1v) is 7.26. The van der Waals surface area contributed by atoms with E-state index in [1.807, 2.05) is 19.1 Å². The van der Waals surface area contributed by atoms with Crippen LogP contribution < -0.4 is 0 Å². The van der Waals surface area contributed by atoms with Crippen molar-refractivity contribution in [2.45, 2.75) is 19.8 Å². The smallest absolute Gasteiger partial charge is 0.253 e. The number of aliphatic hydroxyl groups excluding tert-OH is 2. The van der Waals surface area contributed by atoms with Gasteiger partial charge < -0.3 is 15.1 Å². The van der Waals surface area contributed by atoms with Crippen LogP contribution in [0.25, 0.3) is 0 Å². The van der Waals surface area contributed by atoms with Gasteiger partial charge in [-0.3, -0.25) is 4.79 Å². The van der Waals surface area contributed by atoms with Crippen LogP contribution in [0.2, 0.25) is 0 Å². The molecule has 0 spiro atoms. The zero-order valence-corrected chi connectivity index (χ0v) is 12.3. The molecular formula is C17H21NO3. The van der Waals surface area contributed by atoms with Gasteiger partial charge in [0.25, 0.3) is 5.91 Å². The lowest BCUT2D eigenvalue weighted by atomic mass is 10.0. The Kier molecular flexibility index (Phi) is 5.38. The lowest BCUT2D eigenvalue weighted by Gasteiger charge is -2.16. The molecule has 1 aliphatic rings. The third kappa shape index (κ3) is 3.84. The summed E-state index contributed by atoms with van der Waals surface area (Å²) in [6.07, 6.45) is 1.32. The molecule has 0 aromatic heterocycles. The van der Waals surface area contributed by atoms with Crippen molar-refractivity contribution in [3.63, 3.8) is 0 Å². The van der Waals surface area contributed by atoms with E-state index in [4.69, 9.17) is 10.2 Å².